The van der Waals surface area contributed by atoms with Crippen LogP contribution in [0.4, 0.5) is 5.69 Å². The van der Waals surface area contributed by atoms with Crippen molar-refractivity contribution < 1.29 is 0 Å². The average Bonchev–Trinajstić information content (AvgIpc) is 3.25. The van der Waals surface area contributed by atoms with Crippen molar-refractivity contribution in [1.29, 1.82) is 0 Å². The van der Waals surface area contributed by atoms with Crippen LogP contribution in [0.2, 0.25) is 0 Å². The quantitative estimate of drug-likeness (QED) is 0.754. The van der Waals surface area contributed by atoms with Crippen molar-refractivity contribution in [1.82, 2.24) is 10.2 Å². The fourth-order valence-electron chi connectivity index (χ4n) is 2.46. The first-order valence-corrected chi connectivity index (χ1v) is 8.26. The number of hydrogen-bond acceptors (Lipinski definition) is 3. The molecular weight excluding hydrogens is 258 g/mol. The zero-order chi connectivity index (χ0) is 15.2. The van der Waals surface area contributed by atoms with Crippen LogP contribution in [0.3, 0.4) is 0 Å². The van der Waals surface area contributed by atoms with Gasteiger partial charge in [-0.2, -0.15) is 0 Å². The molecule has 3 nitrogen and oxygen atoms in total. The molecule has 3 heteroatoms. The molecule has 1 aliphatic rings. The van der Waals surface area contributed by atoms with Crippen LogP contribution in [0, 0.1) is 5.92 Å². The van der Waals surface area contributed by atoms with Gasteiger partial charge in [0.25, 0.3) is 0 Å². The van der Waals surface area contributed by atoms with Crippen molar-refractivity contribution in [3.05, 3.63) is 29.8 Å². The van der Waals surface area contributed by atoms with Gasteiger partial charge in [-0.25, -0.2) is 0 Å². The maximum atomic E-state index is 3.57. The van der Waals surface area contributed by atoms with E-state index in [9.17, 15) is 0 Å². The van der Waals surface area contributed by atoms with Crippen molar-refractivity contribution in [3.63, 3.8) is 0 Å². The summed E-state index contributed by atoms with van der Waals surface area (Å²) in [5.74, 6) is 0.684. The van der Waals surface area contributed by atoms with E-state index in [1.54, 1.807) is 0 Å². The molecule has 21 heavy (non-hydrogen) atoms. The first kappa shape index (κ1) is 16.3. The van der Waals surface area contributed by atoms with Gasteiger partial charge < -0.3 is 15.1 Å². The molecule has 1 N–H and O–H groups in total. The highest BCUT2D eigenvalue weighted by Gasteiger charge is 2.19. The Balaban J connectivity index is 1.93. The average molecular weight is 289 g/mol. The lowest BCUT2D eigenvalue weighted by molar-refractivity contribution is 0.409. The lowest BCUT2D eigenvalue weighted by Gasteiger charge is -2.28. The van der Waals surface area contributed by atoms with Crippen LogP contribution < -0.4 is 10.2 Å². The number of hydrogen-bond donors (Lipinski definition) is 1. The van der Waals surface area contributed by atoms with Crippen molar-refractivity contribution in [2.75, 3.05) is 38.6 Å². The molecule has 0 spiro atoms. The van der Waals surface area contributed by atoms with E-state index in [4.69, 9.17) is 0 Å². The monoisotopic (exact) mass is 289 g/mol. The van der Waals surface area contributed by atoms with Crippen LogP contribution in [0.15, 0.2) is 24.3 Å². The van der Waals surface area contributed by atoms with E-state index in [1.807, 2.05) is 0 Å². The Morgan fingerprint density at radius 2 is 1.76 bits per heavy atom. The standard InChI is InChI=1S/C18H31N3/c1-15(2)14-21(12-11-20(3)4)18-9-5-16(6-10-18)13-19-17-7-8-17/h5-6,9-10,15,17,19H,7-8,11-14H2,1-4H3. The maximum Gasteiger partial charge on any atom is 0.0366 e. The molecule has 1 saturated carbocycles. The van der Waals surface area contributed by atoms with Crippen molar-refractivity contribution in [2.45, 2.75) is 39.3 Å². The predicted octanol–water partition coefficient (Wildman–Crippen LogP) is 2.96. The molecule has 0 atom stereocenters. The van der Waals surface area contributed by atoms with E-state index < -0.39 is 0 Å². The molecule has 1 aliphatic carbocycles. The zero-order valence-electron chi connectivity index (χ0n) is 14.1. The van der Waals surface area contributed by atoms with Gasteiger partial charge in [0, 0.05) is 37.9 Å². The van der Waals surface area contributed by atoms with Gasteiger partial charge >= 0.3 is 0 Å². The molecule has 1 aromatic rings. The normalized spacial score (nSPS) is 15.0. The smallest absolute Gasteiger partial charge is 0.0366 e. The number of nitrogens with zero attached hydrogens (tertiary/aromatic N) is 2. The number of nitrogens with one attached hydrogen (secondary N) is 1. The van der Waals surface area contributed by atoms with E-state index in [0.717, 1.165) is 32.2 Å². The molecule has 0 heterocycles. The fraction of sp³-hybridized carbons (Fsp3) is 0.667. The fourth-order valence-corrected chi connectivity index (χ4v) is 2.46. The van der Waals surface area contributed by atoms with Crippen molar-refractivity contribution >= 4 is 5.69 Å². The maximum absolute atomic E-state index is 3.57. The second kappa shape index (κ2) is 7.81. The lowest BCUT2D eigenvalue weighted by Crippen LogP contribution is -2.34. The van der Waals surface area contributed by atoms with Gasteiger partial charge in [0.15, 0.2) is 0 Å². The predicted molar refractivity (Wildman–Crippen MR) is 91.9 cm³/mol. The Hall–Kier alpha value is -1.06. The van der Waals surface area contributed by atoms with Gasteiger partial charge in [-0.15, -0.1) is 0 Å². The molecule has 0 radical (unpaired) electrons. The topological polar surface area (TPSA) is 18.5 Å². The third kappa shape index (κ3) is 6.06. The van der Waals surface area contributed by atoms with Gasteiger partial charge in [0.05, 0.1) is 0 Å². The number of benzene rings is 1. The van der Waals surface area contributed by atoms with Crippen LogP contribution in [0.1, 0.15) is 32.3 Å². The van der Waals surface area contributed by atoms with E-state index in [0.29, 0.717) is 5.92 Å². The molecule has 0 aliphatic heterocycles. The Labute approximate surface area is 130 Å². The van der Waals surface area contributed by atoms with Gasteiger partial charge in [-0.1, -0.05) is 26.0 Å². The van der Waals surface area contributed by atoms with Gasteiger partial charge in [0.1, 0.15) is 0 Å². The largest absolute Gasteiger partial charge is 0.370 e. The summed E-state index contributed by atoms with van der Waals surface area (Å²) in [5, 5.41) is 3.57. The second-order valence-electron chi connectivity index (χ2n) is 6.96. The lowest BCUT2D eigenvalue weighted by atomic mass is 10.1. The molecule has 118 valence electrons. The Kier molecular flexibility index (Phi) is 6.07. The molecule has 0 amide bonds. The first-order valence-electron chi connectivity index (χ1n) is 8.26. The summed E-state index contributed by atoms with van der Waals surface area (Å²) in [7, 11) is 4.28. The number of anilines is 1. The van der Waals surface area contributed by atoms with Crippen LogP contribution in [0.25, 0.3) is 0 Å². The van der Waals surface area contributed by atoms with Gasteiger partial charge in [-0.05, 0) is 50.6 Å². The third-order valence-electron chi connectivity index (χ3n) is 3.88. The zero-order valence-corrected chi connectivity index (χ0v) is 14.1. The highest BCUT2D eigenvalue weighted by molar-refractivity contribution is 5.47. The Morgan fingerprint density at radius 3 is 2.29 bits per heavy atom. The Bertz CT molecular complexity index is 407. The summed E-state index contributed by atoms with van der Waals surface area (Å²) in [4.78, 5) is 4.75. The SMILES string of the molecule is CC(C)CN(CCN(C)C)c1ccc(CNC2CC2)cc1. The second-order valence-corrected chi connectivity index (χ2v) is 6.96. The highest BCUT2D eigenvalue weighted by atomic mass is 15.2. The van der Waals surface area contributed by atoms with Crippen LogP contribution >= 0.6 is 0 Å². The summed E-state index contributed by atoms with van der Waals surface area (Å²) in [6, 6.07) is 9.88. The summed E-state index contributed by atoms with van der Waals surface area (Å²) in [5.41, 5.74) is 2.74. The van der Waals surface area contributed by atoms with Crippen molar-refractivity contribution in [3.8, 4) is 0 Å². The van der Waals surface area contributed by atoms with E-state index >= 15 is 0 Å². The van der Waals surface area contributed by atoms with Crippen LogP contribution in [-0.4, -0.2) is 44.7 Å². The van der Waals surface area contributed by atoms with Crippen LogP contribution in [-0.2, 0) is 6.54 Å². The van der Waals surface area contributed by atoms with E-state index in [1.165, 1.54) is 24.1 Å². The molecule has 0 saturated heterocycles. The molecule has 2 rings (SSSR count). The van der Waals surface area contributed by atoms with Crippen LogP contribution in [0.5, 0.6) is 0 Å². The number of rotatable bonds is 9. The third-order valence-corrected chi connectivity index (χ3v) is 3.88. The summed E-state index contributed by atoms with van der Waals surface area (Å²) in [6.07, 6.45) is 2.70. The summed E-state index contributed by atoms with van der Waals surface area (Å²) < 4.78 is 0. The van der Waals surface area contributed by atoms with Crippen molar-refractivity contribution in [2.24, 2.45) is 5.92 Å². The summed E-state index contributed by atoms with van der Waals surface area (Å²) >= 11 is 0. The first-order chi connectivity index (χ1) is 10.0. The minimum Gasteiger partial charge on any atom is -0.370 e. The molecule has 1 aromatic carbocycles. The number of likely N-dealkylation sites (N-methyl/N-ethyl adjacent to an activating group) is 1. The Morgan fingerprint density at radius 1 is 1.10 bits per heavy atom. The molecule has 0 unspecified atom stereocenters. The van der Waals surface area contributed by atoms with Gasteiger partial charge in [-0.3, -0.25) is 0 Å². The molecule has 0 bridgehead atoms. The minimum absolute atomic E-state index is 0.684. The van der Waals surface area contributed by atoms with Gasteiger partial charge in [0.2, 0.25) is 0 Å². The molecule has 1 fully saturated rings. The minimum atomic E-state index is 0.684. The molecule has 0 aromatic heterocycles. The van der Waals surface area contributed by atoms with E-state index in [2.05, 4.69) is 67.3 Å². The highest BCUT2D eigenvalue weighted by Crippen LogP contribution is 2.20. The van der Waals surface area contributed by atoms with E-state index in [-0.39, 0.29) is 0 Å². The molecular formula is C18H31N3. The summed E-state index contributed by atoms with van der Waals surface area (Å²) in [6.45, 7) is 8.88.